The largest absolute Gasteiger partial charge is 0.439 e. The Kier molecular flexibility index (Phi) is 3.27. The lowest BCUT2D eigenvalue weighted by atomic mass is 10.2. The van der Waals surface area contributed by atoms with Crippen molar-refractivity contribution in [2.75, 3.05) is 0 Å². The minimum Gasteiger partial charge on any atom is -0.439 e. The Balaban J connectivity index is 2.31. The summed E-state index contributed by atoms with van der Waals surface area (Å²) in [6.45, 7) is 1.92. The maximum Gasteiger partial charge on any atom is 0.220 e. The average molecular weight is 245 g/mol. The summed E-state index contributed by atoms with van der Waals surface area (Å²) in [7, 11) is 0. The first-order chi connectivity index (χ1) is 8.19. The summed E-state index contributed by atoms with van der Waals surface area (Å²) in [5.41, 5.74) is 1.47. The average Bonchev–Trinajstić information content (AvgIpc) is 2.34. The van der Waals surface area contributed by atoms with Gasteiger partial charge in [0.15, 0.2) is 0 Å². The van der Waals surface area contributed by atoms with Gasteiger partial charge in [-0.05, 0) is 30.7 Å². The number of ether oxygens (including phenoxy) is 1. The molecule has 17 heavy (non-hydrogen) atoms. The first kappa shape index (κ1) is 11.4. The molecule has 4 heteroatoms. The molecule has 0 spiro atoms. The van der Waals surface area contributed by atoms with Gasteiger partial charge in [0.1, 0.15) is 5.75 Å². The number of aryl methyl sites for hydroxylation is 1. The second-order valence-corrected chi connectivity index (χ2v) is 3.94. The third-order valence-corrected chi connectivity index (χ3v) is 2.46. The zero-order chi connectivity index (χ0) is 12.3. The van der Waals surface area contributed by atoms with Crippen LogP contribution in [0, 0.1) is 18.3 Å². The van der Waals surface area contributed by atoms with E-state index >= 15 is 0 Å². The zero-order valence-corrected chi connectivity index (χ0v) is 9.90. The summed E-state index contributed by atoms with van der Waals surface area (Å²) < 4.78 is 5.59. The van der Waals surface area contributed by atoms with Crippen molar-refractivity contribution < 1.29 is 4.74 Å². The Labute approximate surface area is 104 Å². The minimum atomic E-state index is 0.384. The maximum atomic E-state index is 8.77. The molecule has 0 saturated heterocycles. The topological polar surface area (TPSA) is 45.9 Å². The van der Waals surface area contributed by atoms with Crippen molar-refractivity contribution in [1.82, 2.24) is 4.98 Å². The Morgan fingerprint density at radius 2 is 2.12 bits per heavy atom. The molecule has 0 radical (unpaired) electrons. The quantitative estimate of drug-likeness (QED) is 0.809. The van der Waals surface area contributed by atoms with Crippen molar-refractivity contribution in [3.05, 3.63) is 52.7 Å². The van der Waals surface area contributed by atoms with E-state index in [1.807, 2.05) is 19.1 Å². The van der Waals surface area contributed by atoms with Crippen LogP contribution in [-0.4, -0.2) is 4.98 Å². The Morgan fingerprint density at radius 1 is 1.29 bits per heavy atom. The van der Waals surface area contributed by atoms with Crippen LogP contribution in [0.3, 0.4) is 0 Å². The van der Waals surface area contributed by atoms with E-state index in [9.17, 15) is 0 Å². The standard InChI is InChI=1S/C13H9ClN2O/c1-9-2-3-11(14)7-12(9)17-13-6-10(8-15)4-5-16-13/h2-7H,1H3. The van der Waals surface area contributed by atoms with Gasteiger partial charge in [0, 0.05) is 17.3 Å². The van der Waals surface area contributed by atoms with E-state index in [0.29, 0.717) is 22.2 Å². The van der Waals surface area contributed by atoms with Crippen LogP contribution >= 0.6 is 11.6 Å². The summed E-state index contributed by atoms with van der Waals surface area (Å²) in [5.74, 6) is 1.02. The molecule has 0 saturated carbocycles. The third-order valence-electron chi connectivity index (χ3n) is 2.23. The number of hydrogen-bond donors (Lipinski definition) is 0. The number of nitriles is 1. The Hall–Kier alpha value is -2.05. The molecule has 0 fully saturated rings. The van der Waals surface area contributed by atoms with Crippen LogP contribution in [0.5, 0.6) is 11.6 Å². The van der Waals surface area contributed by atoms with Crippen LogP contribution in [0.4, 0.5) is 0 Å². The van der Waals surface area contributed by atoms with Gasteiger partial charge in [-0.15, -0.1) is 0 Å². The molecular formula is C13H9ClN2O. The van der Waals surface area contributed by atoms with E-state index in [2.05, 4.69) is 4.98 Å². The number of pyridine rings is 1. The number of halogens is 1. The van der Waals surface area contributed by atoms with Crippen LogP contribution in [0.2, 0.25) is 5.02 Å². The molecule has 1 heterocycles. The van der Waals surface area contributed by atoms with Gasteiger partial charge in [-0.1, -0.05) is 17.7 Å². The van der Waals surface area contributed by atoms with Crippen molar-refractivity contribution in [3.63, 3.8) is 0 Å². The van der Waals surface area contributed by atoms with Crippen LogP contribution in [0.25, 0.3) is 0 Å². The van der Waals surface area contributed by atoms with Crippen LogP contribution in [-0.2, 0) is 0 Å². The Bertz CT molecular complexity index is 590. The molecule has 1 aromatic carbocycles. The molecule has 0 aliphatic rings. The van der Waals surface area contributed by atoms with Gasteiger partial charge in [0.2, 0.25) is 5.88 Å². The van der Waals surface area contributed by atoms with Crippen molar-refractivity contribution in [1.29, 1.82) is 5.26 Å². The molecule has 1 aromatic heterocycles. The van der Waals surface area contributed by atoms with Crippen LogP contribution < -0.4 is 4.74 Å². The molecule has 2 rings (SSSR count). The summed E-state index contributed by atoms with van der Waals surface area (Å²) in [5, 5.41) is 9.37. The minimum absolute atomic E-state index is 0.384. The van der Waals surface area contributed by atoms with Crippen molar-refractivity contribution >= 4 is 11.6 Å². The van der Waals surface area contributed by atoms with Crippen molar-refractivity contribution in [2.45, 2.75) is 6.92 Å². The lowest BCUT2D eigenvalue weighted by Gasteiger charge is -2.07. The SMILES string of the molecule is Cc1ccc(Cl)cc1Oc1cc(C#N)ccn1. The fourth-order valence-corrected chi connectivity index (χ4v) is 1.49. The van der Waals surface area contributed by atoms with E-state index in [0.717, 1.165) is 5.56 Å². The van der Waals surface area contributed by atoms with Crippen molar-refractivity contribution in [2.24, 2.45) is 0 Å². The number of aromatic nitrogens is 1. The normalized spacial score (nSPS) is 9.71. The molecule has 0 aliphatic heterocycles. The maximum absolute atomic E-state index is 8.77. The highest BCUT2D eigenvalue weighted by atomic mass is 35.5. The molecule has 0 aliphatic carbocycles. The second-order valence-electron chi connectivity index (χ2n) is 3.51. The molecule has 2 aromatic rings. The lowest BCUT2D eigenvalue weighted by molar-refractivity contribution is 0.459. The number of hydrogen-bond acceptors (Lipinski definition) is 3. The van der Waals surface area contributed by atoms with Crippen molar-refractivity contribution in [3.8, 4) is 17.7 Å². The van der Waals surface area contributed by atoms with Gasteiger partial charge >= 0.3 is 0 Å². The van der Waals surface area contributed by atoms with Gasteiger partial charge in [-0.2, -0.15) is 5.26 Å². The molecule has 0 bridgehead atoms. The smallest absolute Gasteiger partial charge is 0.220 e. The van der Waals surface area contributed by atoms with E-state index in [1.165, 1.54) is 6.20 Å². The summed E-state index contributed by atoms with van der Waals surface area (Å²) >= 11 is 5.89. The van der Waals surface area contributed by atoms with E-state index in [1.54, 1.807) is 24.3 Å². The highest BCUT2D eigenvalue weighted by Crippen LogP contribution is 2.26. The molecule has 0 unspecified atom stereocenters. The van der Waals surface area contributed by atoms with E-state index in [-0.39, 0.29) is 0 Å². The summed E-state index contributed by atoms with van der Waals surface area (Å²) in [4.78, 5) is 4.04. The van der Waals surface area contributed by atoms with Gasteiger partial charge < -0.3 is 4.74 Å². The lowest BCUT2D eigenvalue weighted by Crippen LogP contribution is -1.90. The summed E-state index contributed by atoms with van der Waals surface area (Å²) in [6.07, 6.45) is 1.54. The fraction of sp³-hybridized carbons (Fsp3) is 0.0769. The fourth-order valence-electron chi connectivity index (χ4n) is 1.33. The number of nitrogens with zero attached hydrogens (tertiary/aromatic N) is 2. The highest BCUT2D eigenvalue weighted by Gasteiger charge is 2.04. The molecule has 3 nitrogen and oxygen atoms in total. The van der Waals surface area contributed by atoms with Gasteiger partial charge in [-0.3, -0.25) is 0 Å². The van der Waals surface area contributed by atoms with Crippen LogP contribution in [0.1, 0.15) is 11.1 Å². The zero-order valence-electron chi connectivity index (χ0n) is 9.14. The molecule has 0 atom stereocenters. The molecule has 0 amide bonds. The Morgan fingerprint density at radius 3 is 2.88 bits per heavy atom. The number of benzene rings is 1. The predicted molar refractivity (Wildman–Crippen MR) is 65.2 cm³/mol. The van der Waals surface area contributed by atoms with Gasteiger partial charge in [0.25, 0.3) is 0 Å². The summed E-state index contributed by atoms with van der Waals surface area (Å²) in [6, 6.07) is 10.6. The van der Waals surface area contributed by atoms with Gasteiger partial charge in [0.05, 0.1) is 11.6 Å². The van der Waals surface area contributed by atoms with Crippen LogP contribution in [0.15, 0.2) is 36.5 Å². The predicted octanol–water partition coefficient (Wildman–Crippen LogP) is 3.71. The number of rotatable bonds is 2. The highest BCUT2D eigenvalue weighted by molar-refractivity contribution is 6.30. The van der Waals surface area contributed by atoms with E-state index < -0.39 is 0 Å². The molecule has 0 N–H and O–H groups in total. The van der Waals surface area contributed by atoms with E-state index in [4.69, 9.17) is 21.6 Å². The molecule has 84 valence electrons. The monoisotopic (exact) mass is 244 g/mol. The third kappa shape index (κ3) is 2.74. The first-order valence-corrected chi connectivity index (χ1v) is 5.37. The second kappa shape index (κ2) is 4.86. The molecular weight excluding hydrogens is 236 g/mol. The first-order valence-electron chi connectivity index (χ1n) is 4.99. The van der Waals surface area contributed by atoms with Gasteiger partial charge in [-0.25, -0.2) is 4.98 Å².